The molecule has 3 nitrogen and oxygen atoms in total. The van der Waals surface area contributed by atoms with Gasteiger partial charge in [-0.25, -0.2) is 0 Å². The summed E-state index contributed by atoms with van der Waals surface area (Å²) in [6.07, 6.45) is 0. The molecule has 1 aliphatic rings. The van der Waals surface area contributed by atoms with E-state index in [-0.39, 0.29) is 11.6 Å². The number of aliphatic hydroxyl groups is 1. The average Bonchev–Trinajstić information content (AvgIpc) is 2.30. The van der Waals surface area contributed by atoms with Crippen molar-refractivity contribution in [1.82, 2.24) is 5.32 Å². The molecular weight excluding hydrogens is 374 g/mol. The van der Waals surface area contributed by atoms with E-state index in [1.807, 2.05) is 26.0 Å². The van der Waals surface area contributed by atoms with Crippen molar-refractivity contribution in [3.63, 3.8) is 0 Å². The number of ether oxygens (including phenoxy) is 1. The molecular formula is C14H19Br2NO2. The molecule has 0 aliphatic carbocycles. The summed E-state index contributed by atoms with van der Waals surface area (Å²) >= 11 is 7.00. The standard InChI is InChI=1S/C14H19Br2NO2/c1-8-5-10(6-11(15)12(8)16)14(18)9(2)17-13(3,4)7-19-14/h5-6,9,17-18H,7H2,1-4H3. The van der Waals surface area contributed by atoms with Gasteiger partial charge in [-0.15, -0.1) is 0 Å². The summed E-state index contributed by atoms with van der Waals surface area (Å²) in [5.74, 6) is -1.30. The van der Waals surface area contributed by atoms with Gasteiger partial charge >= 0.3 is 0 Å². The second kappa shape index (κ2) is 5.11. The van der Waals surface area contributed by atoms with Gasteiger partial charge in [-0.1, -0.05) is 0 Å². The molecule has 0 saturated carbocycles. The second-order valence-corrected chi connectivity index (χ2v) is 7.47. The van der Waals surface area contributed by atoms with Crippen LogP contribution in [-0.2, 0) is 10.5 Å². The van der Waals surface area contributed by atoms with Crippen LogP contribution in [0.4, 0.5) is 0 Å². The molecule has 1 saturated heterocycles. The Kier molecular flexibility index (Phi) is 4.16. The first kappa shape index (κ1) is 15.4. The van der Waals surface area contributed by atoms with Crippen molar-refractivity contribution in [3.05, 3.63) is 32.2 Å². The largest absolute Gasteiger partial charge is 0.361 e. The average molecular weight is 393 g/mol. The van der Waals surface area contributed by atoms with E-state index in [4.69, 9.17) is 4.74 Å². The Labute approximate surface area is 131 Å². The molecule has 1 aromatic carbocycles. The van der Waals surface area contributed by atoms with Gasteiger partial charge in [0.25, 0.3) is 0 Å². The van der Waals surface area contributed by atoms with Gasteiger partial charge in [-0.2, -0.15) is 0 Å². The van der Waals surface area contributed by atoms with Crippen molar-refractivity contribution in [3.8, 4) is 0 Å². The van der Waals surface area contributed by atoms with Gasteiger partial charge in [0.05, 0.1) is 12.6 Å². The number of nitrogens with one attached hydrogen (secondary N) is 1. The quantitative estimate of drug-likeness (QED) is 0.768. The SMILES string of the molecule is Cc1cc(C2(O)OCC(C)(C)NC2C)cc(Br)c1Br. The van der Waals surface area contributed by atoms with Gasteiger partial charge in [-0.05, 0) is 77.3 Å². The van der Waals surface area contributed by atoms with Crippen molar-refractivity contribution in [2.24, 2.45) is 0 Å². The van der Waals surface area contributed by atoms with E-state index in [0.717, 1.165) is 20.1 Å². The summed E-state index contributed by atoms with van der Waals surface area (Å²) in [6, 6.07) is 3.66. The zero-order valence-corrected chi connectivity index (χ0v) is 14.7. The number of rotatable bonds is 1. The lowest BCUT2D eigenvalue weighted by Gasteiger charge is -2.46. The minimum Gasteiger partial charge on any atom is -0.361 e. The minimum absolute atomic E-state index is 0.132. The minimum atomic E-state index is -1.30. The molecule has 2 atom stereocenters. The fourth-order valence-corrected chi connectivity index (χ4v) is 3.20. The third-order valence-corrected chi connectivity index (χ3v) is 5.68. The summed E-state index contributed by atoms with van der Waals surface area (Å²) in [4.78, 5) is 0. The van der Waals surface area contributed by atoms with Crippen molar-refractivity contribution < 1.29 is 9.84 Å². The Balaban J connectivity index is 2.41. The maximum Gasteiger partial charge on any atom is 0.208 e. The van der Waals surface area contributed by atoms with Crippen molar-refractivity contribution in [2.45, 2.75) is 45.1 Å². The lowest BCUT2D eigenvalue weighted by atomic mass is 9.92. The first-order chi connectivity index (χ1) is 8.66. The van der Waals surface area contributed by atoms with Crippen LogP contribution in [-0.4, -0.2) is 23.3 Å². The van der Waals surface area contributed by atoms with Gasteiger partial charge < -0.3 is 15.2 Å². The van der Waals surface area contributed by atoms with Crippen LogP contribution in [0.15, 0.2) is 21.1 Å². The predicted molar refractivity (Wildman–Crippen MR) is 83.1 cm³/mol. The van der Waals surface area contributed by atoms with E-state index in [0.29, 0.717) is 6.61 Å². The van der Waals surface area contributed by atoms with Gasteiger partial charge in [0.15, 0.2) is 0 Å². The smallest absolute Gasteiger partial charge is 0.208 e. The van der Waals surface area contributed by atoms with Gasteiger partial charge in [0.1, 0.15) is 0 Å². The lowest BCUT2D eigenvalue weighted by Crippen LogP contribution is -2.63. The molecule has 1 fully saturated rings. The van der Waals surface area contributed by atoms with Crippen LogP contribution in [0.2, 0.25) is 0 Å². The van der Waals surface area contributed by atoms with Crippen LogP contribution in [0.1, 0.15) is 31.9 Å². The summed E-state index contributed by atoms with van der Waals surface area (Å²) in [5.41, 5.74) is 1.68. The number of hydrogen-bond acceptors (Lipinski definition) is 3. The van der Waals surface area contributed by atoms with Crippen LogP contribution in [0.5, 0.6) is 0 Å². The molecule has 5 heteroatoms. The maximum atomic E-state index is 10.9. The number of benzene rings is 1. The van der Waals surface area contributed by atoms with E-state index in [2.05, 4.69) is 51.0 Å². The Morgan fingerprint density at radius 3 is 2.53 bits per heavy atom. The third kappa shape index (κ3) is 2.90. The Morgan fingerprint density at radius 2 is 2.00 bits per heavy atom. The van der Waals surface area contributed by atoms with E-state index in [1.165, 1.54) is 0 Å². The normalized spacial score (nSPS) is 30.4. The lowest BCUT2D eigenvalue weighted by molar-refractivity contribution is -0.263. The predicted octanol–water partition coefficient (Wildman–Crippen LogP) is 3.45. The topological polar surface area (TPSA) is 41.5 Å². The molecule has 2 N–H and O–H groups in total. The van der Waals surface area contributed by atoms with Crippen LogP contribution < -0.4 is 5.32 Å². The van der Waals surface area contributed by atoms with E-state index in [1.54, 1.807) is 0 Å². The summed E-state index contributed by atoms with van der Waals surface area (Å²) < 4.78 is 7.70. The Hall–Kier alpha value is 0.0600. The summed E-state index contributed by atoms with van der Waals surface area (Å²) in [5, 5.41) is 14.3. The summed E-state index contributed by atoms with van der Waals surface area (Å²) in [6.45, 7) is 8.51. The number of hydrogen-bond donors (Lipinski definition) is 2. The Morgan fingerprint density at radius 1 is 1.37 bits per heavy atom. The number of aryl methyl sites for hydroxylation is 1. The molecule has 2 unspecified atom stereocenters. The monoisotopic (exact) mass is 391 g/mol. The molecule has 0 bridgehead atoms. The third-order valence-electron chi connectivity index (χ3n) is 3.47. The molecule has 1 aromatic rings. The Bertz CT molecular complexity index is 481. The first-order valence-electron chi connectivity index (χ1n) is 6.26. The van der Waals surface area contributed by atoms with Crippen LogP contribution in [0.3, 0.4) is 0 Å². The van der Waals surface area contributed by atoms with E-state index < -0.39 is 5.79 Å². The molecule has 0 radical (unpaired) electrons. The molecule has 0 amide bonds. The zero-order valence-electron chi connectivity index (χ0n) is 11.6. The maximum absolute atomic E-state index is 10.9. The highest BCUT2D eigenvalue weighted by Gasteiger charge is 2.45. The number of halogens is 2. The second-order valence-electron chi connectivity index (χ2n) is 5.82. The first-order valence-corrected chi connectivity index (χ1v) is 7.84. The van der Waals surface area contributed by atoms with Crippen molar-refractivity contribution in [2.75, 3.05) is 6.61 Å². The molecule has 0 spiro atoms. The zero-order chi connectivity index (χ0) is 14.4. The highest BCUT2D eigenvalue weighted by molar-refractivity contribution is 9.13. The van der Waals surface area contributed by atoms with E-state index >= 15 is 0 Å². The molecule has 2 rings (SSSR count). The van der Waals surface area contributed by atoms with Crippen LogP contribution >= 0.6 is 31.9 Å². The molecule has 19 heavy (non-hydrogen) atoms. The van der Waals surface area contributed by atoms with Gasteiger partial charge in [0, 0.05) is 20.0 Å². The van der Waals surface area contributed by atoms with Crippen molar-refractivity contribution in [1.29, 1.82) is 0 Å². The summed E-state index contributed by atoms with van der Waals surface area (Å²) in [7, 11) is 0. The van der Waals surface area contributed by atoms with Gasteiger partial charge in [0.2, 0.25) is 5.79 Å². The number of morpholine rings is 1. The van der Waals surface area contributed by atoms with E-state index in [9.17, 15) is 5.11 Å². The molecule has 0 aromatic heterocycles. The fourth-order valence-electron chi connectivity index (χ4n) is 2.41. The van der Waals surface area contributed by atoms with Crippen LogP contribution in [0.25, 0.3) is 0 Å². The highest BCUT2D eigenvalue weighted by Crippen LogP contribution is 2.37. The fraction of sp³-hybridized carbons (Fsp3) is 0.571. The molecule has 1 heterocycles. The molecule has 106 valence electrons. The highest BCUT2D eigenvalue weighted by atomic mass is 79.9. The van der Waals surface area contributed by atoms with Crippen molar-refractivity contribution >= 4 is 31.9 Å². The van der Waals surface area contributed by atoms with Crippen LogP contribution in [0, 0.1) is 6.92 Å². The molecule has 1 aliphatic heterocycles. The van der Waals surface area contributed by atoms with Gasteiger partial charge in [-0.3, -0.25) is 0 Å².